The van der Waals surface area contributed by atoms with Gasteiger partial charge in [-0.15, -0.1) is 0 Å². The van der Waals surface area contributed by atoms with Crippen LogP contribution in [0, 0.1) is 18.3 Å². The molecule has 0 unspecified atom stereocenters. The van der Waals surface area contributed by atoms with Crippen LogP contribution in [0.3, 0.4) is 0 Å². The van der Waals surface area contributed by atoms with Crippen molar-refractivity contribution in [3.8, 4) is 0 Å². The molecule has 0 spiro atoms. The quantitative estimate of drug-likeness (QED) is 0.813. The van der Waals surface area contributed by atoms with Crippen LogP contribution in [0.4, 0.5) is 0 Å². The predicted molar refractivity (Wildman–Crippen MR) is 106 cm³/mol. The molecule has 3 aliphatic rings. The first-order chi connectivity index (χ1) is 13.9. The minimum absolute atomic E-state index is 0.0334. The van der Waals surface area contributed by atoms with E-state index in [1.165, 1.54) is 19.3 Å². The maximum absolute atomic E-state index is 13.4. The number of nitrogens with zero attached hydrogens (tertiary/aromatic N) is 4. The van der Waals surface area contributed by atoms with Gasteiger partial charge in [0, 0.05) is 56.5 Å². The molecule has 0 radical (unpaired) electrons. The lowest BCUT2D eigenvalue weighted by molar-refractivity contribution is -0.133. The van der Waals surface area contributed by atoms with E-state index in [1.807, 2.05) is 16.7 Å². The average Bonchev–Trinajstić information content (AvgIpc) is 3.29. The van der Waals surface area contributed by atoms with Crippen LogP contribution in [0.1, 0.15) is 54.4 Å². The van der Waals surface area contributed by atoms with E-state index in [0.717, 1.165) is 25.1 Å². The van der Waals surface area contributed by atoms with Crippen LogP contribution in [-0.4, -0.2) is 82.7 Å². The van der Waals surface area contributed by atoms with Gasteiger partial charge in [-0.05, 0) is 39.3 Å². The second kappa shape index (κ2) is 8.07. The fourth-order valence-corrected chi connectivity index (χ4v) is 5.22. The zero-order valence-electron chi connectivity index (χ0n) is 17.5. The molecule has 3 saturated heterocycles. The third kappa shape index (κ3) is 3.80. The summed E-state index contributed by atoms with van der Waals surface area (Å²) in [4.78, 5) is 31.2. The molecule has 8 nitrogen and oxygen atoms in total. The lowest BCUT2D eigenvalue weighted by Gasteiger charge is -2.41. The summed E-state index contributed by atoms with van der Waals surface area (Å²) in [6.07, 6.45) is 4.36. The van der Waals surface area contributed by atoms with Crippen molar-refractivity contribution in [2.75, 3.05) is 45.9 Å². The highest BCUT2D eigenvalue weighted by atomic mass is 16.5. The Morgan fingerprint density at radius 1 is 1.17 bits per heavy atom. The monoisotopic (exact) mass is 404 g/mol. The fraction of sp³-hybridized carbons (Fsp3) is 0.762. The van der Waals surface area contributed by atoms with Crippen molar-refractivity contribution >= 4 is 11.8 Å². The third-order valence-corrected chi connectivity index (χ3v) is 7.20. The normalized spacial score (nSPS) is 27.9. The molecule has 160 valence electrons. The smallest absolute Gasteiger partial charge is 0.276 e. The molecule has 0 saturated carbocycles. The van der Waals surface area contributed by atoms with Crippen LogP contribution in [-0.2, 0) is 11.3 Å². The van der Waals surface area contributed by atoms with Crippen molar-refractivity contribution in [3.05, 3.63) is 17.0 Å². The van der Waals surface area contributed by atoms with E-state index in [4.69, 9.17) is 4.52 Å². The minimum atomic E-state index is -0.326. The number of likely N-dealkylation sites (tertiary alicyclic amines) is 3. The van der Waals surface area contributed by atoms with Crippen molar-refractivity contribution in [3.63, 3.8) is 0 Å². The van der Waals surface area contributed by atoms with E-state index in [-0.39, 0.29) is 29.8 Å². The summed E-state index contributed by atoms with van der Waals surface area (Å²) >= 11 is 0. The van der Waals surface area contributed by atoms with Gasteiger partial charge in [-0.2, -0.15) is 0 Å². The Kier molecular flexibility index (Phi) is 5.66. The first kappa shape index (κ1) is 20.3. The van der Waals surface area contributed by atoms with Gasteiger partial charge in [-0.25, -0.2) is 0 Å². The molecule has 1 aromatic heterocycles. The number of carbonyl (C=O) groups is 2. The van der Waals surface area contributed by atoms with Crippen LogP contribution >= 0.6 is 0 Å². The van der Waals surface area contributed by atoms with Gasteiger partial charge in [0.1, 0.15) is 5.76 Å². The van der Waals surface area contributed by atoms with Crippen LogP contribution < -0.4 is 0 Å². The van der Waals surface area contributed by atoms with Crippen LogP contribution in [0.5, 0.6) is 0 Å². The highest BCUT2D eigenvalue weighted by molar-refractivity contribution is 5.94. The molecular formula is C21H32N4O4. The van der Waals surface area contributed by atoms with Crippen molar-refractivity contribution in [1.29, 1.82) is 0 Å². The second-order valence-corrected chi connectivity index (χ2v) is 9.02. The summed E-state index contributed by atoms with van der Waals surface area (Å²) in [5.41, 5.74) is 0.964. The summed E-state index contributed by atoms with van der Waals surface area (Å²) < 4.78 is 5.41. The summed E-state index contributed by atoms with van der Waals surface area (Å²) in [7, 11) is 0. The lowest BCUT2D eigenvalue weighted by Crippen LogP contribution is -2.50. The van der Waals surface area contributed by atoms with Crippen LogP contribution in [0.2, 0.25) is 0 Å². The predicted octanol–water partition coefficient (Wildman–Crippen LogP) is 1.27. The number of amides is 2. The summed E-state index contributed by atoms with van der Waals surface area (Å²) in [6, 6.07) is 0. The number of hydrogen-bond acceptors (Lipinski definition) is 6. The number of aryl methyl sites for hydroxylation is 1. The average molecular weight is 405 g/mol. The molecule has 4 heterocycles. The number of fused-ring (bicyclic) bond motifs is 1. The first-order valence-corrected chi connectivity index (χ1v) is 10.8. The van der Waals surface area contributed by atoms with Gasteiger partial charge in [-0.3, -0.25) is 14.5 Å². The van der Waals surface area contributed by atoms with E-state index in [0.29, 0.717) is 44.2 Å². The number of aliphatic hydroxyl groups is 1. The molecule has 3 aliphatic heterocycles. The van der Waals surface area contributed by atoms with Crippen molar-refractivity contribution in [1.82, 2.24) is 19.9 Å². The Morgan fingerprint density at radius 3 is 2.59 bits per heavy atom. The van der Waals surface area contributed by atoms with Crippen molar-refractivity contribution in [2.45, 2.75) is 46.1 Å². The fourth-order valence-electron chi connectivity index (χ4n) is 5.22. The van der Waals surface area contributed by atoms with E-state index in [1.54, 1.807) is 6.92 Å². The maximum Gasteiger partial charge on any atom is 0.276 e. The number of piperidine rings is 2. The van der Waals surface area contributed by atoms with E-state index in [2.05, 4.69) is 10.1 Å². The zero-order valence-corrected chi connectivity index (χ0v) is 17.5. The highest BCUT2D eigenvalue weighted by Gasteiger charge is 2.51. The Hall–Kier alpha value is -1.93. The lowest BCUT2D eigenvalue weighted by atomic mass is 9.73. The maximum atomic E-state index is 13.4. The number of rotatable bonds is 4. The van der Waals surface area contributed by atoms with Gasteiger partial charge in [-0.1, -0.05) is 11.6 Å². The van der Waals surface area contributed by atoms with Crippen LogP contribution in [0.25, 0.3) is 0 Å². The van der Waals surface area contributed by atoms with E-state index < -0.39 is 0 Å². The summed E-state index contributed by atoms with van der Waals surface area (Å²) in [5.74, 6) is 0.727. The number of aliphatic hydroxyl groups excluding tert-OH is 1. The van der Waals surface area contributed by atoms with Gasteiger partial charge < -0.3 is 19.4 Å². The van der Waals surface area contributed by atoms with Gasteiger partial charge in [0.05, 0.1) is 6.61 Å². The van der Waals surface area contributed by atoms with Crippen molar-refractivity contribution in [2.24, 2.45) is 11.3 Å². The molecule has 1 N–H and O–H groups in total. The standard InChI is InChI=1S/C21H32N4O4/c1-15-18(12-23-7-4-3-5-8-23)19(22-29-15)20(28)25-11-17-10-24(16(2)27)9-6-21(17,13-25)14-26/h17,26H,3-14H2,1-2H3/t17-,21+/m1/s1. The molecular weight excluding hydrogens is 372 g/mol. The molecule has 2 atom stereocenters. The number of hydrogen-bond donors (Lipinski definition) is 1. The second-order valence-electron chi connectivity index (χ2n) is 9.02. The van der Waals surface area contributed by atoms with Gasteiger partial charge in [0.15, 0.2) is 5.69 Å². The molecule has 8 heteroatoms. The van der Waals surface area contributed by atoms with Gasteiger partial charge >= 0.3 is 0 Å². The Morgan fingerprint density at radius 2 is 1.90 bits per heavy atom. The minimum Gasteiger partial charge on any atom is -0.396 e. The Balaban J connectivity index is 1.51. The molecule has 4 rings (SSSR count). The SMILES string of the molecule is CC(=O)N1CC[C@@]2(CO)CN(C(=O)c3noc(C)c3CN3CCCCC3)C[C@H]2C1. The Bertz CT molecular complexity index is 773. The molecule has 0 aromatic carbocycles. The van der Waals surface area contributed by atoms with Crippen molar-refractivity contribution < 1.29 is 19.2 Å². The molecule has 0 bridgehead atoms. The summed E-state index contributed by atoms with van der Waals surface area (Å²) in [6.45, 7) is 8.53. The molecule has 0 aliphatic carbocycles. The Labute approximate surface area is 171 Å². The first-order valence-electron chi connectivity index (χ1n) is 10.8. The molecule has 3 fully saturated rings. The van der Waals surface area contributed by atoms with E-state index >= 15 is 0 Å². The third-order valence-electron chi connectivity index (χ3n) is 7.20. The molecule has 2 amide bonds. The number of aromatic nitrogens is 1. The van der Waals surface area contributed by atoms with Gasteiger partial charge in [0.2, 0.25) is 5.91 Å². The largest absolute Gasteiger partial charge is 0.396 e. The molecule has 1 aromatic rings. The topological polar surface area (TPSA) is 90.1 Å². The number of carbonyl (C=O) groups excluding carboxylic acids is 2. The van der Waals surface area contributed by atoms with E-state index in [9.17, 15) is 14.7 Å². The summed E-state index contributed by atoms with van der Waals surface area (Å²) in [5, 5.41) is 14.3. The van der Waals surface area contributed by atoms with Crippen LogP contribution in [0.15, 0.2) is 4.52 Å². The van der Waals surface area contributed by atoms with Gasteiger partial charge in [0.25, 0.3) is 5.91 Å². The zero-order chi connectivity index (χ0) is 20.6. The highest BCUT2D eigenvalue weighted by Crippen LogP contribution is 2.43. The molecule has 29 heavy (non-hydrogen) atoms.